The van der Waals surface area contributed by atoms with Crippen LogP contribution in [0.25, 0.3) is 17.7 Å². The predicted octanol–water partition coefficient (Wildman–Crippen LogP) is 6.67. The van der Waals surface area contributed by atoms with Crippen LogP contribution in [0.15, 0.2) is 54.1 Å². The van der Waals surface area contributed by atoms with Crippen LogP contribution in [0.1, 0.15) is 62.3 Å². The Morgan fingerprint density at radius 2 is 1.42 bits per heavy atom. The highest BCUT2D eigenvalue weighted by Crippen LogP contribution is 2.38. The van der Waals surface area contributed by atoms with Crippen LogP contribution in [0.5, 0.6) is 0 Å². The van der Waals surface area contributed by atoms with Crippen LogP contribution in [0, 0.1) is 5.41 Å². The second-order valence-corrected chi connectivity index (χ2v) is 9.85. The van der Waals surface area contributed by atoms with Crippen LogP contribution < -0.4 is 5.32 Å². The van der Waals surface area contributed by atoms with Gasteiger partial charge in [0.05, 0.1) is 0 Å². The maximum atomic E-state index is 12.7. The van der Waals surface area contributed by atoms with Crippen LogP contribution in [0.2, 0.25) is 0 Å². The number of piperidine rings is 1. The van der Waals surface area contributed by atoms with Gasteiger partial charge in [-0.15, -0.1) is 0 Å². The molecular formula is C29H37IN2O. The molecule has 2 aromatic carbocycles. The number of hydrogen-bond acceptors (Lipinski definition) is 2. The number of carbonyl (C=O) groups is 1. The van der Waals surface area contributed by atoms with Crippen molar-refractivity contribution in [2.24, 2.45) is 5.41 Å². The lowest BCUT2D eigenvalue weighted by molar-refractivity contribution is -0.131. The van der Waals surface area contributed by atoms with Crippen molar-refractivity contribution in [1.29, 1.82) is 0 Å². The van der Waals surface area contributed by atoms with Gasteiger partial charge in [-0.3, -0.25) is 4.79 Å². The standard InChI is InChI=1S/C28H34N2O.CH3I/c1-28(2,3)20-29-17-14-26(31)30-18-15-23(16-19-30)27-24-10-6-4-8-21(24)12-13-22-9-5-7-11-25(22)27;1-2/h4-13,29H,14-20H2,1-3H3;1H3. The molecule has 4 heteroatoms. The van der Waals surface area contributed by atoms with Gasteiger partial charge in [0.15, 0.2) is 0 Å². The van der Waals surface area contributed by atoms with Gasteiger partial charge in [-0.25, -0.2) is 0 Å². The number of fused-ring (bicyclic) bond motifs is 2. The van der Waals surface area contributed by atoms with Crippen molar-refractivity contribution in [2.45, 2.75) is 40.0 Å². The molecule has 1 aliphatic carbocycles. The second-order valence-electron chi connectivity index (χ2n) is 9.85. The quantitative estimate of drug-likeness (QED) is 0.221. The topological polar surface area (TPSA) is 32.3 Å². The molecule has 1 aliphatic heterocycles. The van der Waals surface area contributed by atoms with Crippen molar-refractivity contribution in [1.82, 2.24) is 10.2 Å². The van der Waals surface area contributed by atoms with Gasteiger partial charge in [0.1, 0.15) is 0 Å². The Hall–Kier alpha value is -1.92. The SMILES string of the molecule is CC(C)(C)CNCCC(=O)N1CCC(=C2c3ccccc3C=Cc3ccccc32)CC1.CI. The maximum absolute atomic E-state index is 12.7. The summed E-state index contributed by atoms with van der Waals surface area (Å²) in [6.07, 6.45) is 6.92. The van der Waals surface area contributed by atoms with Gasteiger partial charge in [0, 0.05) is 32.6 Å². The van der Waals surface area contributed by atoms with Gasteiger partial charge in [0.2, 0.25) is 5.91 Å². The lowest BCUT2D eigenvalue weighted by Crippen LogP contribution is -2.38. The van der Waals surface area contributed by atoms with Crippen LogP contribution in [-0.2, 0) is 4.79 Å². The molecule has 1 amide bonds. The highest BCUT2D eigenvalue weighted by Gasteiger charge is 2.24. The number of carbonyl (C=O) groups excluding carboxylic acids is 1. The minimum atomic E-state index is 0.245. The third-order valence-corrected chi connectivity index (χ3v) is 6.15. The molecule has 1 N–H and O–H groups in total. The highest BCUT2D eigenvalue weighted by atomic mass is 127. The smallest absolute Gasteiger partial charge is 0.223 e. The van der Waals surface area contributed by atoms with Crippen molar-refractivity contribution in [3.63, 3.8) is 0 Å². The summed E-state index contributed by atoms with van der Waals surface area (Å²) in [4.78, 5) is 16.7. The number of amides is 1. The van der Waals surface area contributed by atoms with E-state index in [-0.39, 0.29) is 11.3 Å². The molecule has 176 valence electrons. The molecule has 0 aromatic heterocycles. The minimum absolute atomic E-state index is 0.245. The summed E-state index contributed by atoms with van der Waals surface area (Å²) in [6.45, 7) is 9.95. The Labute approximate surface area is 213 Å². The van der Waals surface area contributed by atoms with Gasteiger partial charge < -0.3 is 10.2 Å². The lowest BCUT2D eigenvalue weighted by Gasteiger charge is -2.31. The van der Waals surface area contributed by atoms with Gasteiger partial charge in [0.25, 0.3) is 0 Å². The van der Waals surface area contributed by atoms with E-state index in [0.29, 0.717) is 6.42 Å². The van der Waals surface area contributed by atoms with E-state index in [4.69, 9.17) is 0 Å². The number of nitrogens with one attached hydrogen (secondary N) is 1. The van der Waals surface area contributed by atoms with Crippen LogP contribution >= 0.6 is 22.6 Å². The van der Waals surface area contributed by atoms with Gasteiger partial charge in [-0.2, -0.15) is 0 Å². The monoisotopic (exact) mass is 556 g/mol. The van der Waals surface area contributed by atoms with E-state index in [9.17, 15) is 4.79 Å². The van der Waals surface area contributed by atoms with Gasteiger partial charge in [-0.05, 0) is 51.0 Å². The average molecular weight is 557 g/mol. The molecule has 0 atom stereocenters. The fourth-order valence-electron chi connectivity index (χ4n) is 4.54. The molecule has 0 saturated carbocycles. The van der Waals surface area contributed by atoms with E-state index in [1.165, 1.54) is 33.4 Å². The summed E-state index contributed by atoms with van der Waals surface area (Å²) in [5, 5.41) is 3.42. The first-order valence-electron chi connectivity index (χ1n) is 11.9. The summed E-state index contributed by atoms with van der Waals surface area (Å²) in [5.74, 6) is 0.272. The lowest BCUT2D eigenvalue weighted by atomic mass is 9.86. The number of nitrogens with zero attached hydrogens (tertiary/aromatic N) is 1. The number of likely N-dealkylation sites (tertiary alicyclic amines) is 1. The van der Waals surface area contributed by atoms with E-state index in [0.717, 1.165) is 39.0 Å². The fraction of sp³-hybridized carbons (Fsp3) is 0.414. The van der Waals surface area contributed by atoms with Crippen LogP contribution in [0.3, 0.4) is 0 Å². The first-order chi connectivity index (χ1) is 15.9. The summed E-state index contributed by atoms with van der Waals surface area (Å²) in [7, 11) is 0. The first-order valence-corrected chi connectivity index (χ1v) is 14.0. The third kappa shape index (κ3) is 6.80. The fourth-order valence-corrected chi connectivity index (χ4v) is 4.54. The summed E-state index contributed by atoms with van der Waals surface area (Å²) < 4.78 is 0. The molecule has 0 radical (unpaired) electrons. The zero-order valence-corrected chi connectivity index (χ0v) is 22.6. The Balaban J connectivity index is 0.00000149. The first kappa shape index (κ1) is 25.7. The minimum Gasteiger partial charge on any atom is -0.342 e. The Kier molecular flexibility index (Phi) is 9.33. The number of hydrogen-bond donors (Lipinski definition) is 1. The number of benzene rings is 2. The molecule has 2 aliphatic rings. The van der Waals surface area contributed by atoms with E-state index >= 15 is 0 Å². The average Bonchev–Trinajstić information content (AvgIpc) is 2.99. The molecule has 0 unspecified atom stereocenters. The predicted molar refractivity (Wildman–Crippen MR) is 151 cm³/mol. The van der Waals surface area contributed by atoms with Crippen LogP contribution in [-0.4, -0.2) is 41.9 Å². The molecule has 0 spiro atoms. The Morgan fingerprint density at radius 3 is 1.94 bits per heavy atom. The van der Waals surface area contributed by atoms with Crippen molar-refractivity contribution in [2.75, 3.05) is 31.1 Å². The molecule has 3 nitrogen and oxygen atoms in total. The molecule has 1 saturated heterocycles. The summed E-state index contributed by atoms with van der Waals surface area (Å²) in [5.41, 5.74) is 8.24. The van der Waals surface area contributed by atoms with Gasteiger partial charge >= 0.3 is 0 Å². The summed E-state index contributed by atoms with van der Waals surface area (Å²) in [6, 6.07) is 17.3. The van der Waals surface area contributed by atoms with Crippen molar-refractivity contribution in [3.8, 4) is 0 Å². The van der Waals surface area contributed by atoms with E-state index in [1.807, 2.05) is 4.93 Å². The Morgan fingerprint density at radius 1 is 0.909 bits per heavy atom. The maximum Gasteiger partial charge on any atom is 0.223 e. The van der Waals surface area contributed by atoms with Crippen molar-refractivity contribution in [3.05, 3.63) is 76.4 Å². The zero-order chi connectivity index (χ0) is 23.8. The number of rotatable bonds is 4. The molecule has 1 fully saturated rings. The highest BCUT2D eigenvalue weighted by molar-refractivity contribution is 14.1. The molecular weight excluding hydrogens is 519 g/mol. The zero-order valence-electron chi connectivity index (χ0n) is 20.5. The number of halogens is 1. The largest absolute Gasteiger partial charge is 0.342 e. The number of alkyl halides is 1. The van der Waals surface area contributed by atoms with Crippen molar-refractivity contribution < 1.29 is 4.79 Å². The third-order valence-electron chi connectivity index (χ3n) is 6.15. The summed E-state index contributed by atoms with van der Waals surface area (Å²) >= 11 is 2.15. The van der Waals surface area contributed by atoms with Gasteiger partial charge in [-0.1, -0.05) is 110 Å². The van der Waals surface area contributed by atoms with Crippen molar-refractivity contribution >= 4 is 46.2 Å². The van der Waals surface area contributed by atoms with E-state index < -0.39 is 0 Å². The molecule has 0 bridgehead atoms. The molecule has 4 rings (SSSR count). The van der Waals surface area contributed by atoms with E-state index in [1.54, 1.807) is 0 Å². The Bertz CT molecular complexity index is 955. The second kappa shape index (κ2) is 12.0. The molecule has 1 heterocycles. The molecule has 2 aromatic rings. The normalized spacial score (nSPS) is 15.2. The van der Waals surface area contributed by atoms with E-state index in [2.05, 4.69) is 114 Å². The molecule has 33 heavy (non-hydrogen) atoms. The van der Waals surface area contributed by atoms with Crippen LogP contribution in [0.4, 0.5) is 0 Å².